The molecule has 2 fully saturated rings. The maximum absolute atomic E-state index is 6.05. The van der Waals surface area contributed by atoms with E-state index in [1.807, 2.05) is 0 Å². The molecule has 104 valence electrons. The third-order valence-electron chi connectivity index (χ3n) is 4.37. The summed E-state index contributed by atoms with van der Waals surface area (Å²) in [5.74, 6) is 1.01. The molecule has 3 rings (SSSR count). The van der Waals surface area contributed by atoms with E-state index in [1.165, 1.54) is 37.7 Å². The summed E-state index contributed by atoms with van der Waals surface area (Å²) in [6.07, 6.45) is 7.08. The Morgan fingerprint density at radius 1 is 1.05 bits per heavy atom. The van der Waals surface area contributed by atoms with Crippen LogP contribution < -0.4 is 4.74 Å². The summed E-state index contributed by atoms with van der Waals surface area (Å²) in [4.78, 5) is 0. The van der Waals surface area contributed by atoms with Gasteiger partial charge in [0, 0.05) is 5.41 Å². The van der Waals surface area contributed by atoms with Gasteiger partial charge in [0.1, 0.15) is 5.75 Å². The first-order chi connectivity index (χ1) is 9.15. The molecular weight excluding hydrogens is 236 g/mol. The zero-order valence-electron chi connectivity index (χ0n) is 12.0. The molecule has 2 heteroatoms. The number of ether oxygens (including phenoxy) is 2. The molecule has 1 saturated carbocycles. The van der Waals surface area contributed by atoms with Crippen LogP contribution in [0.15, 0.2) is 24.3 Å². The minimum atomic E-state index is 0.247. The topological polar surface area (TPSA) is 18.5 Å². The van der Waals surface area contributed by atoms with Crippen LogP contribution in [0.4, 0.5) is 0 Å². The first-order valence-electron chi connectivity index (χ1n) is 7.53. The fourth-order valence-corrected chi connectivity index (χ4v) is 3.14. The molecule has 1 saturated heterocycles. The van der Waals surface area contributed by atoms with Crippen molar-refractivity contribution in [3.63, 3.8) is 0 Å². The van der Waals surface area contributed by atoms with Gasteiger partial charge in [-0.15, -0.1) is 0 Å². The Bertz CT molecular complexity index is 415. The first-order valence-corrected chi connectivity index (χ1v) is 7.53. The van der Waals surface area contributed by atoms with Gasteiger partial charge in [-0.2, -0.15) is 0 Å². The molecule has 0 amide bonds. The second-order valence-electron chi connectivity index (χ2n) is 6.63. The largest absolute Gasteiger partial charge is 0.490 e. The van der Waals surface area contributed by atoms with Crippen LogP contribution in [0, 0.1) is 5.41 Å². The van der Waals surface area contributed by atoms with Gasteiger partial charge in [0.15, 0.2) is 0 Å². The predicted molar refractivity (Wildman–Crippen MR) is 76.4 cm³/mol. The van der Waals surface area contributed by atoms with Gasteiger partial charge in [0.25, 0.3) is 0 Å². The number of rotatable bonds is 3. The monoisotopic (exact) mass is 260 g/mol. The van der Waals surface area contributed by atoms with Gasteiger partial charge in [0.05, 0.1) is 18.8 Å². The smallest absolute Gasteiger partial charge is 0.119 e. The van der Waals surface area contributed by atoms with Gasteiger partial charge in [-0.05, 0) is 43.4 Å². The van der Waals surface area contributed by atoms with E-state index < -0.39 is 0 Å². The summed E-state index contributed by atoms with van der Waals surface area (Å²) in [6, 6.07) is 8.51. The van der Waals surface area contributed by atoms with Crippen LogP contribution in [0.5, 0.6) is 5.75 Å². The van der Waals surface area contributed by atoms with Crippen LogP contribution in [-0.2, 0) is 4.74 Å². The van der Waals surface area contributed by atoms with Crippen molar-refractivity contribution in [3.05, 3.63) is 29.8 Å². The normalized spacial score (nSPS) is 26.7. The van der Waals surface area contributed by atoms with E-state index in [2.05, 4.69) is 38.1 Å². The Kier molecular flexibility index (Phi) is 3.53. The predicted octanol–water partition coefficient (Wildman–Crippen LogP) is 4.50. The molecule has 0 radical (unpaired) electrons. The van der Waals surface area contributed by atoms with Crippen molar-refractivity contribution in [2.45, 2.75) is 58.2 Å². The molecule has 2 aliphatic rings. The maximum atomic E-state index is 6.05. The molecule has 0 N–H and O–H groups in total. The Balaban J connectivity index is 1.62. The lowest BCUT2D eigenvalue weighted by Crippen LogP contribution is -2.40. The SMILES string of the molecule is CC1(C)COC1c1ccc(OC2CCCCC2)cc1. The number of benzene rings is 1. The molecule has 1 unspecified atom stereocenters. The van der Waals surface area contributed by atoms with Crippen molar-refractivity contribution >= 4 is 0 Å². The van der Waals surface area contributed by atoms with Crippen LogP contribution in [-0.4, -0.2) is 12.7 Å². The molecule has 0 bridgehead atoms. The van der Waals surface area contributed by atoms with Crippen molar-refractivity contribution in [1.29, 1.82) is 0 Å². The van der Waals surface area contributed by atoms with Gasteiger partial charge < -0.3 is 9.47 Å². The highest BCUT2D eigenvalue weighted by Gasteiger charge is 2.40. The maximum Gasteiger partial charge on any atom is 0.119 e. The van der Waals surface area contributed by atoms with E-state index >= 15 is 0 Å². The Hall–Kier alpha value is -1.02. The molecule has 1 heterocycles. The van der Waals surface area contributed by atoms with Gasteiger partial charge in [-0.3, -0.25) is 0 Å². The average molecular weight is 260 g/mol. The summed E-state index contributed by atoms with van der Waals surface area (Å²) in [7, 11) is 0. The van der Waals surface area contributed by atoms with Crippen LogP contribution in [0.25, 0.3) is 0 Å². The van der Waals surface area contributed by atoms with E-state index in [1.54, 1.807) is 0 Å². The van der Waals surface area contributed by atoms with E-state index in [0.29, 0.717) is 6.10 Å². The van der Waals surface area contributed by atoms with Crippen molar-refractivity contribution in [2.24, 2.45) is 5.41 Å². The molecule has 1 atom stereocenters. The molecule has 2 nitrogen and oxygen atoms in total. The Labute approximate surface area is 116 Å². The van der Waals surface area contributed by atoms with E-state index in [-0.39, 0.29) is 11.5 Å². The Morgan fingerprint density at radius 2 is 1.74 bits per heavy atom. The molecule has 1 aliphatic heterocycles. The molecule has 19 heavy (non-hydrogen) atoms. The third-order valence-corrected chi connectivity index (χ3v) is 4.37. The third kappa shape index (κ3) is 2.79. The average Bonchev–Trinajstić information content (AvgIpc) is 2.41. The summed E-state index contributed by atoms with van der Waals surface area (Å²) in [5.41, 5.74) is 1.54. The highest BCUT2D eigenvalue weighted by Crippen LogP contribution is 2.45. The van der Waals surface area contributed by atoms with Crippen LogP contribution in [0.2, 0.25) is 0 Å². The lowest BCUT2D eigenvalue weighted by atomic mass is 9.79. The fraction of sp³-hybridized carbons (Fsp3) is 0.647. The fourth-order valence-electron chi connectivity index (χ4n) is 3.14. The minimum absolute atomic E-state index is 0.247. The first kappa shape index (κ1) is 13.0. The molecule has 0 aromatic heterocycles. The number of hydrogen-bond donors (Lipinski definition) is 0. The van der Waals surface area contributed by atoms with Crippen molar-refractivity contribution < 1.29 is 9.47 Å². The van der Waals surface area contributed by atoms with Crippen molar-refractivity contribution in [2.75, 3.05) is 6.61 Å². The summed E-state index contributed by atoms with van der Waals surface area (Å²) >= 11 is 0. The molecule has 1 aromatic carbocycles. The molecule has 1 aromatic rings. The Morgan fingerprint density at radius 3 is 2.26 bits per heavy atom. The lowest BCUT2D eigenvalue weighted by Gasteiger charge is -2.44. The quantitative estimate of drug-likeness (QED) is 0.797. The zero-order chi connectivity index (χ0) is 13.3. The lowest BCUT2D eigenvalue weighted by molar-refractivity contribution is -0.172. The highest BCUT2D eigenvalue weighted by atomic mass is 16.5. The van der Waals surface area contributed by atoms with E-state index in [4.69, 9.17) is 9.47 Å². The summed E-state index contributed by atoms with van der Waals surface area (Å²) < 4.78 is 11.7. The van der Waals surface area contributed by atoms with Crippen molar-refractivity contribution in [1.82, 2.24) is 0 Å². The van der Waals surface area contributed by atoms with Gasteiger partial charge in [0.2, 0.25) is 0 Å². The van der Waals surface area contributed by atoms with Gasteiger partial charge in [-0.1, -0.05) is 32.4 Å². The summed E-state index contributed by atoms with van der Waals surface area (Å²) in [6.45, 7) is 5.37. The van der Waals surface area contributed by atoms with Crippen LogP contribution in [0.1, 0.15) is 57.6 Å². The van der Waals surface area contributed by atoms with E-state index in [9.17, 15) is 0 Å². The second-order valence-corrected chi connectivity index (χ2v) is 6.63. The van der Waals surface area contributed by atoms with E-state index in [0.717, 1.165) is 12.4 Å². The highest BCUT2D eigenvalue weighted by molar-refractivity contribution is 5.30. The molecular formula is C17H24O2. The van der Waals surface area contributed by atoms with Crippen LogP contribution in [0.3, 0.4) is 0 Å². The van der Waals surface area contributed by atoms with Crippen LogP contribution >= 0.6 is 0 Å². The van der Waals surface area contributed by atoms with Crippen molar-refractivity contribution in [3.8, 4) is 5.75 Å². The molecule has 1 aliphatic carbocycles. The zero-order valence-corrected chi connectivity index (χ0v) is 12.0. The minimum Gasteiger partial charge on any atom is -0.490 e. The van der Waals surface area contributed by atoms with Gasteiger partial charge in [-0.25, -0.2) is 0 Å². The number of hydrogen-bond acceptors (Lipinski definition) is 2. The van der Waals surface area contributed by atoms with Gasteiger partial charge >= 0.3 is 0 Å². The molecule has 0 spiro atoms. The standard InChI is InChI=1S/C17H24O2/c1-17(2)12-18-16(17)13-8-10-15(11-9-13)19-14-6-4-3-5-7-14/h8-11,14,16H,3-7,12H2,1-2H3. The summed E-state index contributed by atoms with van der Waals surface area (Å²) in [5, 5.41) is 0. The second kappa shape index (κ2) is 5.16.